The molecule has 0 aliphatic rings. The van der Waals surface area contributed by atoms with Gasteiger partial charge in [0.1, 0.15) is 5.75 Å². The van der Waals surface area contributed by atoms with E-state index in [2.05, 4.69) is 15.5 Å². The van der Waals surface area contributed by atoms with E-state index in [0.29, 0.717) is 0 Å². The lowest BCUT2D eigenvalue weighted by Gasteiger charge is -2.08. The van der Waals surface area contributed by atoms with Crippen molar-refractivity contribution in [3.05, 3.63) is 29.8 Å². The third kappa shape index (κ3) is 3.47. The van der Waals surface area contributed by atoms with Gasteiger partial charge >= 0.3 is 12.3 Å². The molecule has 0 bridgehead atoms. The molecule has 0 unspecified atom stereocenters. The molecule has 0 heterocycles. The van der Waals surface area contributed by atoms with E-state index in [1.807, 2.05) is 0 Å². The van der Waals surface area contributed by atoms with Crippen LogP contribution in [0.4, 0.5) is 13.2 Å². The maximum Gasteiger partial charge on any atom is 0.573 e. The van der Waals surface area contributed by atoms with Crippen molar-refractivity contribution in [1.29, 1.82) is 0 Å². The third-order valence-corrected chi connectivity index (χ3v) is 1.41. The van der Waals surface area contributed by atoms with Gasteiger partial charge in [-0.3, -0.25) is 0 Å². The van der Waals surface area contributed by atoms with Crippen LogP contribution in [0.15, 0.2) is 24.3 Å². The van der Waals surface area contributed by atoms with Gasteiger partial charge in [-0.2, -0.15) is 5.90 Å². The Hall–Kier alpha value is -1.76. The molecule has 1 rings (SSSR count). The van der Waals surface area contributed by atoms with E-state index in [4.69, 9.17) is 0 Å². The minimum absolute atomic E-state index is 0.126. The fourth-order valence-electron chi connectivity index (χ4n) is 0.888. The zero-order valence-electron chi connectivity index (χ0n) is 7.25. The summed E-state index contributed by atoms with van der Waals surface area (Å²) >= 11 is 0. The van der Waals surface area contributed by atoms with Gasteiger partial charge < -0.3 is 9.57 Å². The van der Waals surface area contributed by atoms with Gasteiger partial charge in [0.15, 0.2) is 0 Å². The summed E-state index contributed by atoms with van der Waals surface area (Å²) in [7, 11) is 0. The van der Waals surface area contributed by atoms with E-state index >= 15 is 0 Å². The molecule has 0 aliphatic heterocycles. The predicted molar refractivity (Wildman–Crippen MR) is 42.7 cm³/mol. The molecule has 0 spiro atoms. The summed E-state index contributed by atoms with van der Waals surface area (Å²) in [5, 5.41) is 0. The first-order valence-electron chi connectivity index (χ1n) is 3.69. The summed E-state index contributed by atoms with van der Waals surface area (Å²) in [5.41, 5.74) is -0.126. The lowest BCUT2D eigenvalue weighted by atomic mass is 10.2. The molecule has 0 saturated carbocycles. The summed E-state index contributed by atoms with van der Waals surface area (Å²) in [6.45, 7) is 0. The Balaban J connectivity index is 2.88. The van der Waals surface area contributed by atoms with Gasteiger partial charge in [0.2, 0.25) is 0 Å². The Labute approximate surface area is 82.3 Å². The van der Waals surface area contributed by atoms with Crippen molar-refractivity contribution in [2.75, 3.05) is 0 Å². The summed E-state index contributed by atoms with van der Waals surface area (Å²) < 4.78 is 39.0. The lowest BCUT2D eigenvalue weighted by molar-refractivity contribution is -0.274. The van der Waals surface area contributed by atoms with Crippen molar-refractivity contribution in [3.8, 4) is 5.75 Å². The van der Waals surface area contributed by atoms with Crippen molar-refractivity contribution in [3.63, 3.8) is 0 Å². The van der Waals surface area contributed by atoms with Crippen molar-refractivity contribution < 1.29 is 27.5 Å². The van der Waals surface area contributed by atoms with E-state index in [1.54, 1.807) is 0 Å². The Morgan fingerprint density at radius 2 is 2.00 bits per heavy atom. The molecule has 1 aromatic rings. The number of hydrogen-bond donors (Lipinski definition) is 1. The zero-order chi connectivity index (χ0) is 11.5. The second kappa shape index (κ2) is 4.18. The number of hydrogen-bond acceptors (Lipinski definition) is 4. The zero-order valence-corrected chi connectivity index (χ0v) is 7.25. The summed E-state index contributed by atoms with van der Waals surface area (Å²) in [6.07, 6.45) is -4.80. The second-order valence-corrected chi connectivity index (χ2v) is 2.48. The SMILES string of the molecule is NOC(=O)c1cccc(OC(F)(F)F)c1. The third-order valence-electron chi connectivity index (χ3n) is 1.41. The minimum atomic E-state index is -4.80. The molecule has 2 N–H and O–H groups in total. The highest BCUT2D eigenvalue weighted by Crippen LogP contribution is 2.23. The summed E-state index contributed by atoms with van der Waals surface area (Å²) in [6, 6.07) is 4.40. The predicted octanol–water partition coefficient (Wildman–Crippen LogP) is 1.62. The topological polar surface area (TPSA) is 61.5 Å². The number of carbonyl (C=O) groups excluding carboxylic acids is 1. The van der Waals surface area contributed by atoms with Crippen LogP contribution in [-0.2, 0) is 4.84 Å². The van der Waals surface area contributed by atoms with Crippen LogP contribution in [0.2, 0.25) is 0 Å². The highest BCUT2D eigenvalue weighted by Gasteiger charge is 2.31. The van der Waals surface area contributed by atoms with Gasteiger partial charge in [0.25, 0.3) is 0 Å². The minimum Gasteiger partial charge on any atom is -0.406 e. The van der Waals surface area contributed by atoms with Gasteiger partial charge in [-0.15, -0.1) is 13.2 Å². The fourth-order valence-corrected chi connectivity index (χ4v) is 0.888. The molecule has 0 atom stereocenters. The maximum absolute atomic E-state index is 11.8. The second-order valence-electron chi connectivity index (χ2n) is 2.48. The number of rotatable bonds is 2. The molecule has 82 valence electrons. The number of benzene rings is 1. The van der Waals surface area contributed by atoms with Gasteiger partial charge in [-0.05, 0) is 18.2 Å². The average Bonchev–Trinajstić information content (AvgIpc) is 2.14. The van der Waals surface area contributed by atoms with Gasteiger partial charge in [-0.1, -0.05) is 6.07 Å². The normalized spacial score (nSPS) is 10.9. The number of alkyl halides is 3. The summed E-state index contributed by atoms with van der Waals surface area (Å²) in [5.74, 6) is 3.12. The van der Waals surface area contributed by atoms with E-state index in [1.165, 1.54) is 12.1 Å². The standard InChI is InChI=1S/C8H6F3NO3/c9-8(10,11)14-6-3-1-2-5(4-6)7(13)15-12/h1-4H,12H2. The van der Waals surface area contributed by atoms with Crippen LogP contribution in [0.1, 0.15) is 10.4 Å². The van der Waals surface area contributed by atoms with Gasteiger partial charge in [0.05, 0.1) is 5.56 Å². The van der Waals surface area contributed by atoms with Crippen molar-refractivity contribution in [1.82, 2.24) is 0 Å². The first-order valence-corrected chi connectivity index (χ1v) is 3.69. The van der Waals surface area contributed by atoms with Crippen LogP contribution in [0.3, 0.4) is 0 Å². The van der Waals surface area contributed by atoms with Crippen molar-refractivity contribution in [2.24, 2.45) is 5.90 Å². The van der Waals surface area contributed by atoms with E-state index in [-0.39, 0.29) is 5.56 Å². The molecule has 15 heavy (non-hydrogen) atoms. The Morgan fingerprint density at radius 1 is 1.33 bits per heavy atom. The highest BCUT2D eigenvalue weighted by atomic mass is 19.4. The first-order chi connectivity index (χ1) is 6.92. The Bertz CT molecular complexity index is 364. The van der Waals surface area contributed by atoms with Crippen molar-refractivity contribution in [2.45, 2.75) is 6.36 Å². The monoisotopic (exact) mass is 221 g/mol. The van der Waals surface area contributed by atoms with Crippen LogP contribution >= 0.6 is 0 Å². The number of halogens is 3. The van der Waals surface area contributed by atoms with Crippen LogP contribution < -0.4 is 10.6 Å². The Morgan fingerprint density at radius 3 is 2.53 bits per heavy atom. The summed E-state index contributed by atoms with van der Waals surface area (Å²) in [4.78, 5) is 14.7. The molecule has 0 saturated heterocycles. The van der Waals surface area contributed by atoms with E-state index in [9.17, 15) is 18.0 Å². The average molecular weight is 221 g/mol. The molecule has 4 nitrogen and oxygen atoms in total. The molecule has 0 radical (unpaired) electrons. The largest absolute Gasteiger partial charge is 0.573 e. The van der Waals surface area contributed by atoms with Crippen LogP contribution in [0.25, 0.3) is 0 Å². The van der Waals surface area contributed by atoms with Crippen molar-refractivity contribution >= 4 is 5.97 Å². The smallest absolute Gasteiger partial charge is 0.406 e. The molecule has 0 aromatic heterocycles. The quantitative estimate of drug-likeness (QED) is 0.770. The molecular weight excluding hydrogens is 215 g/mol. The van der Waals surface area contributed by atoms with E-state index in [0.717, 1.165) is 12.1 Å². The molecule has 1 aromatic carbocycles. The number of ether oxygens (including phenoxy) is 1. The first kappa shape index (κ1) is 11.3. The van der Waals surface area contributed by atoms with Gasteiger partial charge in [-0.25, -0.2) is 4.79 Å². The lowest BCUT2D eigenvalue weighted by Crippen LogP contribution is -2.17. The maximum atomic E-state index is 11.8. The van der Waals surface area contributed by atoms with E-state index < -0.39 is 18.1 Å². The Kier molecular flexibility index (Phi) is 3.15. The molecular formula is C8H6F3NO3. The fraction of sp³-hybridized carbons (Fsp3) is 0.125. The number of nitrogens with two attached hydrogens (primary N) is 1. The highest BCUT2D eigenvalue weighted by molar-refractivity contribution is 5.89. The number of carbonyl (C=O) groups is 1. The molecule has 7 heteroatoms. The van der Waals surface area contributed by atoms with Crippen LogP contribution in [0.5, 0.6) is 5.75 Å². The van der Waals surface area contributed by atoms with Gasteiger partial charge in [0, 0.05) is 0 Å². The molecule has 0 aliphatic carbocycles. The van der Waals surface area contributed by atoms with Crippen LogP contribution in [-0.4, -0.2) is 12.3 Å². The molecule has 0 amide bonds. The van der Waals surface area contributed by atoms with Crippen LogP contribution in [0, 0.1) is 0 Å². The molecule has 0 fully saturated rings.